The molecule has 0 radical (unpaired) electrons. The molecule has 0 bridgehead atoms. The third-order valence-electron chi connectivity index (χ3n) is 3.90. The Labute approximate surface area is 188 Å². The summed E-state index contributed by atoms with van der Waals surface area (Å²) < 4.78 is 2.06. The molecule has 6 nitrogen and oxygen atoms in total. The Hall–Kier alpha value is -1.06. The lowest BCUT2D eigenvalue weighted by atomic mass is 10.2. The van der Waals surface area contributed by atoms with Gasteiger partial charge in [0, 0.05) is 39.6 Å². The molecule has 0 aliphatic rings. The lowest BCUT2D eigenvalue weighted by molar-refractivity contribution is 0.470. The Morgan fingerprint density at radius 3 is 2.70 bits per heavy atom. The van der Waals surface area contributed by atoms with Gasteiger partial charge in [0.25, 0.3) is 0 Å². The van der Waals surface area contributed by atoms with Gasteiger partial charge < -0.3 is 14.8 Å². The molecule has 1 aromatic carbocycles. The molecule has 0 aliphatic carbocycles. The second-order valence-corrected chi connectivity index (χ2v) is 6.85. The molecule has 0 unspecified atom stereocenters. The molecule has 0 amide bonds. The van der Waals surface area contributed by atoms with Crippen molar-refractivity contribution in [3.05, 3.63) is 46.0 Å². The number of aryl methyl sites for hydroxylation is 1. The summed E-state index contributed by atoms with van der Waals surface area (Å²) in [5, 5.41) is 12.6. The minimum atomic E-state index is 0. The van der Waals surface area contributed by atoms with Gasteiger partial charge in [-0.05, 0) is 24.1 Å². The summed E-state index contributed by atoms with van der Waals surface area (Å²) in [4.78, 5) is 6.76. The summed E-state index contributed by atoms with van der Waals surface area (Å²) in [5.41, 5.74) is 1.08. The number of aliphatic imine (C=N–C) groups is 1. The van der Waals surface area contributed by atoms with Crippen LogP contribution in [0.2, 0.25) is 10.0 Å². The lowest BCUT2D eigenvalue weighted by Gasteiger charge is -2.23. The maximum Gasteiger partial charge on any atom is 0.194 e. The first-order valence-corrected chi connectivity index (χ1v) is 9.60. The fraction of sp³-hybridized carbons (Fsp3) is 0.500. The zero-order valence-electron chi connectivity index (χ0n) is 16.0. The smallest absolute Gasteiger partial charge is 0.194 e. The largest absolute Gasteiger partial charge is 0.354 e. The van der Waals surface area contributed by atoms with Crippen LogP contribution >= 0.6 is 47.2 Å². The van der Waals surface area contributed by atoms with Crippen LogP contribution in [0.1, 0.15) is 31.7 Å². The molecule has 0 spiro atoms. The van der Waals surface area contributed by atoms with Gasteiger partial charge in [0.15, 0.2) is 5.96 Å². The highest BCUT2D eigenvalue weighted by Gasteiger charge is 2.09. The van der Waals surface area contributed by atoms with Gasteiger partial charge in [-0.2, -0.15) is 0 Å². The monoisotopic (exact) mass is 524 g/mol. The average Bonchev–Trinajstić information content (AvgIpc) is 3.08. The Morgan fingerprint density at radius 1 is 1.26 bits per heavy atom. The molecule has 0 aliphatic heterocycles. The quantitative estimate of drug-likeness (QED) is 0.318. The van der Waals surface area contributed by atoms with Crippen molar-refractivity contribution in [1.82, 2.24) is 25.0 Å². The molecule has 9 heteroatoms. The van der Waals surface area contributed by atoms with E-state index in [1.807, 2.05) is 25.2 Å². The summed E-state index contributed by atoms with van der Waals surface area (Å²) in [6.07, 6.45) is 3.63. The predicted octanol–water partition coefficient (Wildman–Crippen LogP) is 4.25. The zero-order chi connectivity index (χ0) is 18.9. The minimum absolute atomic E-state index is 0. The van der Waals surface area contributed by atoms with Gasteiger partial charge in [0.05, 0.1) is 10.0 Å². The van der Waals surface area contributed by atoms with Crippen molar-refractivity contribution in [3.63, 3.8) is 0 Å². The van der Waals surface area contributed by atoms with E-state index >= 15 is 0 Å². The third kappa shape index (κ3) is 7.46. The summed E-state index contributed by atoms with van der Waals surface area (Å²) in [5.74, 6) is 1.85. The number of hydrogen-bond acceptors (Lipinski definition) is 3. The number of guanidine groups is 1. The highest BCUT2D eigenvalue weighted by atomic mass is 127. The van der Waals surface area contributed by atoms with Crippen molar-refractivity contribution in [2.24, 2.45) is 4.99 Å². The second-order valence-electron chi connectivity index (χ2n) is 6.03. The van der Waals surface area contributed by atoms with Crippen molar-refractivity contribution in [2.75, 3.05) is 20.1 Å². The molecule has 0 saturated heterocycles. The summed E-state index contributed by atoms with van der Waals surface area (Å²) in [6.45, 7) is 7.21. The van der Waals surface area contributed by atoms with Gasteiger partial charge >= 0.3 is 0 Å². The Morgan fingerprint density at radius 2 is 2.04 bits per heavy atom. The highest BCUT2D eigenvalue weighted by Crippen LogP contribution is 2.23. The van der Waals surface area contributed by atoms with E-state index in [1.165, 1.54) is 0 Å². The minimum Gasteiger partial charge on any atom is -0.354 e. The van der Waals surface area contributed by atoms with E-state index in [0.29, 0.717) is 16.6 Å². The van der Waals surface area contributed by atoms with Gasteiger partial charge in [-0.3, -0.25) is 4.99 Å². The van der Waals surface area contributed by atoms with Crippen LogP contribution in [-0.4, -0.2) is 45.8 Å². The van der Waals surface area contributed by atoms with E-state index in [9.17, 15) is 0 Å². The second kappa shape index (κ2) is 12.4. The fourth-order valence-corrected chi connectivity index (χ4v) is 2.86. The lowest BCUT2D eigenvalue weighted by Crippen LogP contribution is -2.40. The van der Waals surface area contributed by atoms with E-state index < -0.39 is 0 Å². The van der Waals surface area contributed by atoms with E-state index in [0.717, 1.165) is 49.8 Å². The van der Waals surface area contributed by atoms with Crippen LogP contribution in [-0.2, 0) is 19.5 Å². The zero-order valence-corrected chi connectivity index (χ0v) is 19.8. The van der Waals surface area contributed by atoms with Gasteiger partial charge in [0.1, 0.15) is 12.2 Å². The number of halogens is 3. The first-order valence-electron chi connectivity index (χ1n) is 8.85. The molecule has 0 atom stereocenters. The standard InChI is InChI=1S/C18H26Cl2N6.HI/c1-4-8-21-18(22-9-10-26-13-23-24-17(26)5-2)25(3)12-14-6-7-15(19)16(20)11-14;/h6-7,11,13H,4-5,8-10,12H2,1-3H3,(H,21,22);1H. The fourth-order valence-electron chi connectivity index (χ4n) is 2.54. The van der Waals surface area contributed by atoms with Crippen LogP contribution in [0.5, 0.6) is 0 Å². The summed E-state index contributed by atoms with van der Waals surface area (Å²) in [7, 11) is 2.01. The highest BCUT2D eigenvalue weighted by molar-refractivity contribution is 14.0. The van der Waals surface area contributed by atoms with E-state index in [4.69, 9.17) is 23.2 Å². The first kappa shape index (κ1) is 24.0. The maximum absolute atomic E-state index is 6.12. The molecule has 150 valence electrons. The van der Waals surface area contributed by atoms with Gasteiger partial charge in [-0.1, -0.05) is 43.1 Å². The Kier molecular flexibility index (Phi) is 11.0. The van der Waals surface area contributed by atoms with Gasteiger partial charge in [0.2, 0.25) is 0 Å². The number of rotatable bonds is 8. The molecule has 0 saturated carbocycles. The summed E-state index contributed by atoms with van der Waals surface area (Å²) >= 11 is 12.1. The van der Waals surface area contributed by atoms with Crippen molar-refractivity contribution >= 4 is 53.1 Å². The van der Waals surface area contributed by atoms with Gasteiger partial charge in [-0.15, -0.1) is 34.2 Å². The van der Waals surface area contributed by atoms with E-state index in [2.05, 4.69) is 43.8 Å². The van der Waals surface area contributed by atoms with Crippen LogP contribution < -0.4 is 5.32 Å². The van der Waals surface area contributed by atoms with Crippen molar-refractivity contribution in [1.29, 1.82) is 0 Å². The topological polar surface area (TPSA) is 58.3 Å². The molecule has 2 aromatic rings. The first-order chi connectivity index (χ1) is 12.5. The van der Waals surface area contributed by atoms with Crippen LogP contribution in [0.4, 0.5) is 0 Å². The van der Waals surface area contributed by atoms with Crippen LogP contribution in [0.15, 0.2) is 29.5 Å². The Bertz CT molecular complexity index is 734. The number of nitrogens with zero attached hydrogens (tertiary/aromatic N) is 5. The number of hydrogen-bond donors (Lipinski definition) is 1. The molecule has 1 N–H and O–H groups in total. The maximum atomic E-state index is 6.12. The van der Waals surface area contributed by atoms with Crippen molar-refractivity contribution < 1.29 is 0 Å². The molecular formula is C18H27Cl2IN6. The van der Waals surface area contributed by atoms with Gasteiger partial charge in [-0.25, -0.2) is 0 Å². The predicted molar refractivity (Wildman–Crippen MR) is 123 cm³/mol. The van der Waals surface area contributed by atoms with Crippen LogP contribution in [0.3, 0.4) is 0 Å². The molecule has 1 aromatic heterocycles. The number of benzene rings is 1. The normalized spacial score (nSPS) is 11.2. The third-order valence-corrected chi connectivity index (χ3v) is 4.64. The molecule has 1 heterocycles. The van der Waals surface area contributed by atoms with Crippen molar-refractivity contribution in [2.45, 2.75) is 39.8 Å². The SMILES string of the molecule is CCCN=C(NCCn1cnnc1CC)N(C)Cc1ccc(Cl)c(Cl)c1.I. The molecule has 2 rings (SSSR count). The Balaban J connectivity index is 0.00000364. The van der Waals surface area contributed by atoms with Crippen molar-refractivity contribution in [3.8, 4) is 0 Å². The van der Waals surface area contributed by atoms with Crippen LogP contribution in [0, 0.1) is 0 Å². The van der Waals surface area contributed by atoms with E-state index in [1.54, 1.807) is 6.33 Å². The molecular weight excluding hydrogens is 498 g/mol. The van der Waals surface area contributed by atoms with E-state index in [-0.39, 0.29) is 24.0 Å². The average molecular weight is 525 g/mol. The molecule has 27 heavy (non-hydrogen) atoms. The summed E-state index contributed by atoms with van der Waals surface area (Å²) in [6, 6.07) is 5.69. The number of aromatic nitrogens is 3. The van der Waals surface area contributed by atoms with Crippen LogP contribution in [0.25, 0.3) is 0 Å². The number of nitrogens with one attached hydrogen (secondary N) is 1. The molecule has 0 fully saturated rings.